The summed E-state index contributed by atoms with van der Waals surface area (Å²) in [6.45, 7) is 6.71. The maximum absolute atomic E-state index is 11.8. The third-order valence-electron chi connectivity index (χ3n) is 2.56. The van der Waals surface area contributed by atoms with Crippen molar-refractivity contribution in [2.45, 2.75) is 31.7 Å². The molecule has 1 fully saturated rings. The molecule has 0 bridgehead atoms. The van der Waals surface area contributed by atoms with E-state index in [-0.39, 0.29) is 5.91 Å². The lowest BCUT2D eigenvalue weighted by Crippen LogP contribution is -2.57. The van der Waals surface area contributed by atoms with E-state index < -0.39 is 5.54 Å². The third-order valence-corrected chi connectivity index (χ3v) is 2.69. The predicted molar refractivity (Wildman–Crippen MR) is 58.3 cm³/mol. The molecule has 1 atom stereocenters. The Morgan fingerprint density at radius 1 is 1.64 bits per heavy atom. The molecule has 0 aromatic heterocycles. The number of carbonyl (C=O) groups is 1. The van der Waals surface area contributed by atoms with Crippen molar-refractivity contribution >= 4 is 17.5 Å². The Labute approximate surface area is 89.9 Å². The first-order valence-electron chi connectivity index (χ1n) is 4.91. The zero-order valence-electron chi connectivity index (χ0n) is 8.53. The van der Waals surface area contributed by atoms with Crippen LogP contribution in [0.2, 0.25) is 0 Å². The molecule has 1 aliphatic heterocycles. The van der Waals surface area contributed by atoms with Gasteiger partial charge >= 0.3 is 0 Å². The van der Waals surface area contributed by atoms with Gasteiger partial charge in [0, 0.05) is 5.03 Å². The Bertz CT molecular complexity index is 234. The number of piperidine rings is 1. The van der Waals surface area contributed by atoms with Crippen molar-refractivity contribution in [1.29, 1.82) is 0 Å². The highest BCUT2D eigenvalue weighted by molar-refractivity contribution is 6.29. The average molecular weight is 217 g/mol. The fraction of sp³-hybridized carbons (Fsp3) is 0.700. The predicted octanol–water partition coefficient (Wildman–Crippen LogP) is 1.39. The fourth-order valence-corrected chi connectivity index (χ4v) is 1.69. The fourth-order valence-electron chi connectivity index (χ4n) is 1.62. The quantitative estimate of drug-likeness (QED) is 0.749. The molecule has 1 amide bonds. The van der Waals surface area contributed by atoms with Gasteiger partial charge in [0.25, 0.3) is 0 Å². The van der Waals surface area contributed by atoms with Gasteiger partial charge in [0.05, 0.1) is 12.1 Å². The highest BCUT2D eigenvalue weighted by Gasteiger charge is 2.33. The minimum Gasteiger partial charge on any atom is -0.350 e. The summed E-state index contributed by atoms with van der Waals surface area (Å²) in [6, 6.07) is 0. The second kappa shape index (κ2) is 4.80. The topological polar surface area (TPSA) is 41.1 Å². The summed E-state index contributed by atoms with van der Waals surface area (Å²) >= 11 is 5.58. The molecule has 2 N–H and O–H groups in total. The molecule has 0 aromatic rings. The Kier molecular flexibility index (Phi) is 3.96. The molecule has 1 heterocycles. The highest BCUT2D eigenvalue weighted by Crippen LogP contribution is 2.18. The van der Waals surface area contributed by atoms with Gasteiger partial charge in [0.2, 0.25) is 5.91 Å². The molecule has 80 valence electrons. The van der Waals surface area contributed by atoms with Crippen molar-refractivity contribution in [1.82, 2.24) is 10.6 Å². The van der Waals surface area contributed by atoms with Crippen LogP contribution in [0.5, 0.6) is 0 Å². The average Bonchev–Trinajstić information content (AvgIpc) is 2.15. The number of hydrogen-bond donors (Lipinski definition) is 2. The molecule has 0 spiro atoms. The van der Waals surface area contributed by atoms with Crippen molar-refractivity contribution in [2.24, 2.45) is 0 Å². The van der Waals surface area contributed by atoms with Crippen molar-refractivity contribution in [3.63, 3.8) is 0 Å². The molecule has 14 heavy (non-hydrogen) atoms. The minimum absolute atomic E-state index is 0.0130. The maximum atomic E-state index is 11.8. The summed E-state index contributed by atoms with van der Waals surface area (Å²) in [6.07, 6.45) is 3.12. The van der Waals surface area contributed by atoms with E-state index >= 15 is 0 Å². The molecule has 1 aliphatic rings. The van der Waals surface area contributed by atoms with E-state index in [2.05, 4.69) is 17.2 Å². The van der Waals surface area contributed by atoms with Gasteiger partial charge in [-0.3, -0.25) is 4.79 Å². The Morgan fingerprint density at radius 3 is 2.86 bits per heavy atom. The lowest BCUT2D eigenvalue weighted by atomic mass is 9.90. The van der Waals surface area contributed by atoms with E-state index in [9.17, 15) is 4.79 Å². The number of carbonyl (C=O) groups excluding carboxylic acids is 1. The van der Waals surface area contributed by atoms with Crippen LogP contribution in [-0.2, 0) is 4.79 Å². The molecule has 0 aliphatic carbocycles. The van der Waals surface area contributed by atoms with Crippen molar-refractivity contribution in [2.75, 3.05) is 13.1 Å². The van der Waals surface area contributed by atoms with Crippen LogP contribution >= 0.6 is 11.6 Å². The summed E-state index contributed by atoms with van der Waals surface area (Å²) < 4.78 is 0. The number of rotatable bonds is 3. The SMILES string of the molecule is C=C(Cl)CNC(=O)C1(C)CCCCN1. The standard InChI is InChI=1S/C10H17ClN2O/c1-8(11)7-12-9(14)10(2)5-3-4-6-13-10/h13H,1,3-7H2,2H3,(H,12,14). The molecule has 3 nitrogen and oxygen atoms in total. The molecule has 0 saturated carbocycles. The van der Waals surface area contributed by atoms with E-state index in [1.54, 1.807) is 0 Å². The molecule has 1 unspecified atom stereocenters. The van der Waals surface area contributed by atoms with Gasteiger partial charge in [-0.15, -0.1) is 0 Å². The first-order valence-corrected chi connectivity index (χ1v) is 5.29. The molecule has 0 radical (unpaired) electrons. The molecule has 1 saturated heterocycles. The zero-order chi connectivity index (χ0) is 10.6. The zero-order valence-corrected chi connectivity index (χ0v) is 9.28. The lowest BCUT2D eigenvalue weighted by Gasteiger charge is -2.33. The normalized spacial score (nSPS) is 27.0. The van der Waals surface area contributed by atoms with Crippen LogP contribution in [0.25, 0.3) is 0 Å². The van der Waals surface area contributed by atoms with Crippen LogP contribution in [0.15, 0.2) is 11.6 Å². The smallest absolute Gasteiger partial charge is 0.240 e. The van der Waals surface area contributed by atoms with Gasteiger partial charge in [0.1, 0.15) is 0 Å². The van der Waals surface area contributed by atoms with Crippen LogP contribution in [-0.4, -0.2) is 24.5 Å². The van der Waals surface area contributed by atoms with Crippen LogP contribution in [0.3, 0.4) is 0 Å². The van der Waals surface area contributed by atoms with Crippen LogP contribution < -0.4 is 10.6 Å². The van der Waals surface area contributed by atoms with E-state index in [0.717, 1.165) is 25.8 Å². The van der Waals surface area contributed by atoms with E-state index in [1.807, 2.05) is 6.92 Å². The largest absolute Gasteiger partial charge is 0.350 e. The third kappa shape index (κ3) is 3.00. The summed E-state index contributed by atoms with van der Waals surface area (Å²) in [4.78, 5) is 11.8. The van der Waals surface area contributed by atoms with Crippen molar-refractivity contribution in [3.05, 3.63) is 11.6 Å². The van der Waals surface area contributed by atoms with Crippen LogP contribution in [0, 0.1) is 0 Å². The van der Waals surface area contributed by atoms with Gasteiger partial charge < -0.3 is 10.6 Å². The van der Waals surface area contributed by atoms with Gasteiger partial charge in [-0.2, -0.15) is 0 Å². The first kappa shape index (κ1) is 11.5. The lowest BCUT2D eigenvalue weighted by molar-refractivity contribution is -0.127. The summed E-state index contributed by atoms with van der Waals surface area (Å²) in [5.74, 6) is 0.0130. The van der Waals surface area contributed by atoms with E-state index in [1.165, 1.54) is 0 Å². The Balaban J connectivity index is 2.45. The molecule has 1 rings (SSSR count). The van der Waals surface area contributed by atoms with E-state index in [4.69, 9.17) is 11.6 Å². The second-order valence-corrected chi connectivity index (χ2v) is 4.45. The molecule has 4 heteroatoms. The van der Waals surface area contributed by atoms with Gasteiger partial charge in [-0.05, 0) is 32.7 Å². The van der Waals surface area contributed by atoms with Gasteiger partial charge in [-0.1, -0.05) is 18.2 Å². The van der Waals surface area contributed by atoms with Gasteiger partial charge in [0.15, 0.2) is 0 Å². The summed E-state index contributed by atoms with van der Waals surface area (Å²) in [5.41, 5.74) is -0.426. The monoisotopic (exact) mass is 216 g/mol. The van der Waals surface area contributed by atoms with Crippen LogP contribution in [0.4, 0.5) is 0 Å². The number of hydrogen-bond acceptors (Lipinski definition) is 2. The Hall–Kier alpha value is -0.540. The summed E-state index contributed by atoms with van der Waals surface area (Å²) in [7, 11) is 0. The number of nitrogens with one attached hydrogen (secondary N) is 2. The summed E-state index contributed by atoms with van der Waals surface area (Å²) in [5, 5.41) is 6.45. The highest BCUT2D eigenvalue weighted by atomic mass is 35.5. The van der Waals surface area contributed by atoms with Crippen LogP contribution in [0.1, 0.15) is 26.2 Å². The second-order valence-electron chi connectivity index (χ2n) is 3.92. The minimum atomic E-state index is -0.426. The Morgan fingerprint density at radius 2 is 2.36 bits per heavy atom. The molecular weight excluding hydrogens is 200 g/mol. The first-order chi connectivity index (χ1) is 6.54. The number of halogens is 1. The van der Waals surface area contributed by atoms with Crippen molar-refractivity contribution in [3.8, 4) is 0 Å². The van der Waals surface area contributed by atoms with Crippen molar-refractivity contribution < 1.29 is 4.79 Å². The molecular formula is C10H17ClN2O. The molecule has 0 aromatic carbocycles. The van der Waals surface area contributed by atoms with E-state index in [0.29, 0.717) is 11.6 Å². The maximum Gasteiger partial charge on any atom is 0.240 e. The van der Waals surface area contributed by atoms with Gasteiger partial charge in [-0.25, -0.2) is 0 Å². The number of amides is 1.